The second-order valence-corrected chi connectivity index (χ2v) is 4.31. The van der Waals surface area contributed by atoms with Gasteiger partial charge in [0.05, 0.1) is 6.61 Å². The zero-order chi connectivity index (χ0) is 11.2. The summed E-state index contributed by atoms with van der Waals surface area (Å²) in [5, 5.41) is 0. The number of pyridine rings is 1. The first kappa shape index (κ1) is 11.5. The van der Waals surface area contributed by atoms with Crippen LogP contribution in [0, 0.1) is 0 Å². The largest absolute Gasteiger partial charge is 0.303 e. The summed E-state index contributed by atoms with van der Waals surface area (Å²) in [5.41, 5.74) is 1.30. The fraction of sp³-hybridized carbons (Fsp3) is 0.583. The normalized spacial score (nSPS) is 22.2. The summed E-state index contributed by atoms with van der Waals surface area (Å²) in [4.78, 5) is 11.3. The molecule has 0 aromatic carbocycles. The topological polar surface area (TPSA) is 51.4 Å². The van der Waals surface area contributed by atoms with E-state index in [1.807, 2.05) is 12.4 Å². The molecule has 0 bridgehead atoms. The second kappa shape index (κ2) is 5.94. The third-order valence-electron chi connectivity index (χ3n) is 3.17. The lowest BCUT2D eigenvalue weighted by atomic mass is 10.0. The number of hydrogen-bond acceptors (Lipinski definition) is 4. The van der Waals surface area contributed by atoms with Crippen molar-refractivity contribution in [3.05, 3.63) is 30.1 Å². The summed E-state index contributed by atoms with van der Waals surface area (Å²) >= 11 is 0. The molecule has 2 heterocycles. The van der Waals surface area contributed by atoms with E-state index in [0.29, 0.717) is 12.6 Å². The number of hydrogen-bond donors (Lipinski definition) is 1. The number of piperidine rings is 1. The maximum absolute atomic E-state index is 5.18. The molecule has 1 saturated heterocycles. The van der Waals surface area contributed by atoms with Gasteiger partial charge in [-0.25, -0.2) is 5.90 Å². The molecule has 1 aliphatic heterocycles. The maximum Gasteiger partial charge on any atom is 0.0834 e. The third-order valence-corrected chi connectivity index (χ3v) is 3.17. The van der Waals surface area contributed by atoms with Gasteiger partial charge in [-0.15, -0.1) is 0 Å². The van der Waals surface area contributed by atoms with E-state index in [4.69, 9.17) is 10.7 Å². The summed E-state index contributed by atoms with van der Waals surface area (Å²) in [7, 11) is 0. The minimum atomic E-state index is 0.465. The zero-order valence-electron chi connectivity index (χ0n) is 9.51. The van der Waals surface area contributed by atoms with Crippen LogP contribution >= 0.6 is 0 Å². The monoisotopic (exact) mass is 221 g/mol. The van der Waals surface area contributed by atoms with E-state index in [2.05, 4.69) is 22.0 Å². The van der Waals surface area contributed by atoms with Crippen molar-refractivity contribution in [1.29, 1.82) is 0 Å². The SMILES string of the molecule is NOCC1CCCCN1Cc1ccncc1. The lowest BCUT2D eigenvalue weighted by Gasteiger charge is -2.35. The Labute approximate surface area is 96.4 Å². The molecular weight excluding hydrogens is 202 g/mol. The summed E-state index contributed by atoms with van der Waals surface area (Å²) < 4.78 is 0. The summed E-state index contributed by atoms with van der Waals surface area (Å²) in [6.45, 7) is 2.73. The first-order valence-electron chi connectivity index (χ1n) is 5.85. The molecule has 1 unspecified atom stereocenters. The van der Waals surface area contributed by atoms with Crippen molar-refractivity contribution in [3.8, 4) is 0 Å². The molecule has 1 atom stereocenters. The molecule has 4 nitrogen and oxygen atoms in total. The highest BCUT2D eigenvalue weighted by Gasteiger charge is 2.22. The molecule has 0 spiro atoms. The molecule has 0 radical (unpaired) electrons. The molecule has 16 heavy (non-hydrogen) atoms. The molecule has 1 aromatic heterocycles. The van der Waals surface area contributed by atoms with Crippen LogP contribution in [0.5, 0.6) is 0 Å². The lowest BCUT2D eigenvalue weighted by Crippen LogP contribution is -2.42. The van der Waals surface area contributed by atoms with Gasteiger partial charge in [0, 0.05) is 25.0 Å². The van der Waals surface area contributed by atoms with Crippen LogP contribution in [0.15, 0.2) is 24.5 Å². The van der Waals surface area contributed by atoms with Crippen LogP contribution in [0.1, 0.15) is 24.8 Å². The van der Waals surface area contributed by atoms with E-state index in [-0.39, 0.29) is 0 Å². The molecular formula is C12H19N3O. The Morgan fingerprint density at radius 3 is 2.94 bits per heavy atom. The van der Waals surface area contributed by atoms with Crippen molar-refractivity contribution in [3.63, 3.8) is 0 Å². The van der Waals surface area contributed by atoms with Crippen LogP contribution in [0.25, 0.3) is 0 Å². The van der Waals surface area contributed by atoms with Gasteiger partial charge in [0.2, 0.25) is 0 Å². The van der Waals surface area contributed by atoms with Crippen molar-refractivity contribution >= 4 is 0 Å². The molecule has 2 rings (SSSR count). The van der Waals surface area contributed by atoms with E-state index in [0.717, 1.165) is 13.1 Å². The van der Waals surface area contributed by atoms with Crippen LogP contribution in [-0.4, -0.2) is 29.1 Å². The first-order valence-corrected chi connectivity index (χ1v) is 5.85. The van der Waals surface area contributed by atoms with Gasteiger partial charge in [0.25, 0.3) is 0 Å². The number of nitrogens with two attached hydrogens (primary N) is 1. The number of rotatable bonds is 4. The highest BCUT2D eigenvalue weighted by molar-refractivity contribution is 5.09. The quantitative estimate of drug-likeness (QED) is 0.779. The second-order valence-electron chi connectivity index (χ2n) is 4.31. The fourth-order valence-electron chi connectivity index (χ4n) is 2.29. The Morgan fingerprint density at radius 2 is 2.19 bits per heavy atom. The molecule has 1 aromatic rings. The molecule has 1 fully saturated rings. The van der Waals surface area contributed by atoms with Gasteiger partial charge in [-0.3, -0.25) is 9.88 Å². The first-order chi connectivity index (χ1) is 7.90. The highest BCUT2D eigenvalue weighted by Crippen LogP contribution is 2.19. The van der Waals surface area contributed by atoms with Crippen LogP contribution < -0.4 is 5.90 Å². The molecule has 1 aliphatic rings. The Bertz CT molecular complexity index is 302. The van der Waals surface area contributed by atoms with Gasteiger partial charge < -0.3 is 4.84 Å². The maximum atomic E-state index is 5.18. The van der Waals surface area contributed by atoms with Gasteiger partial charge in [-0.2, -0.15) is 0 Å². The smallest absolute Gasteiger partial charge is 0.0834 e. The van der Waals surface area contributed by atoms with Crippen molar-refractivity contribution in [2.45, 2.75) is 31.8 Å². The van der Waals surface area contributed by atoms with Gasteiger partial charge in [0.1, 0.15) is 0 Å². The van der Waals surface area contributed by atoms with Gasteiger partial charge in [-0.1, -0.05) is 6.42 Å². The Morgan fingerprint density at radius 1 is 1.38 bits per heavy atom. The minimum absolute atomic E-state index is 0.465. The Balaban J connectivity index is 1.96. The average Bonchev–Trinajstić information content (AvgIpc) is 2.33. The zero-order valence-corrected chi connectivity index (χ0v) is 9.51. The lowest BCUT2D eigenvalue weighted by molar-refractivity contribution is 0.0360. The Kier molecular flexibility index (Phi) is 4.27. The predicted molar refractivity (Wildman–Crippen MR) is 62.4 cm³/mol. The van der Waals surface area contributed by atoms with E-state index in [1.54, 1.807) is 0 Å². The van der Waals surface area contributed by atoms with Crippen molar-refractivity contribution < 1.29 is 4.84 Å². The summed E-state index contributed by atoms with van der Waals surface area (Å²) in [6.07, 6.45) is 7.41. The minimum Gasteiger partial charge on any atom is -0.303 e. The van der Waals surface area contributed by atoms with Crippen LogP contribution in [0.3, 0.4) is 0 Å². The predicted octanol–water partition coefficient (Wildman–Crippen LogP) is 1.33. The number of likely N-dealkylation sites (tertiary alicyclic amines) is 1. The summed E-state index contributed by atoms with van der Waals surface area (Å²) in [6, 6.07) is 4.59. The molecule has 0 aliphatic carbocycles. The van der Waals surface area contributed by atoms with E-state index >= 15 is 0 Å². The molecule has 2 N–H and O–H groups in total. The van der Waals surface area contributed by atoms with E-state index in [9.17, 15) is 0 Å². The molecule has 4 heteroatoms. The summed E-state index contributed by atoms with van der Waals surface area (Å²) in [5.74, 6) is 5.18. The van der Waals surface area contributed by atoms with Crippen LogP contribution in [0.4, 0.5) is 0 Å². The number of nitrogens with zero attached hydrogens (tertiary/aromatic N) is 2. The van der Waals surface area contributed by atoms with Gasteiger partial charge in [0.15, 0.2) is 0 Å². The molecule has 0 saturated carbocycles. The van der Waals surface area contributed by atoms with Crippen molar-refractivity contribution in [2.24, 2.45) is 5.90 Å². The number of aromatic nitrogens is 1. The highest BCUT2D eigenvalue weighted by atomic mass is 16.6. The standard InChI is InChI=1S/C12H19N3O/c13-16-10-12-3-1-2-8-15(12)9-11-4-6-14-7-5-11/h4-7,12H,1-3,8-10,13H2. The van der Waals surface area contributed by atoms with E-state index in [1.165, 1.54) is 24.8 Å². The third kappa shape index (κ3) is 3.01. The average molecular weight is 221 g/mol. The molecule has 88 valence electrons. The van der Waals surface area contributed by atoms with E-state index < -0.39 is 0 Å². The van der Waals surface area contributed by atoms with Crippen LogP contribution in [0.2, 0.25) is 0 Å². The van der Waals surface area contributed by atoms with Crippen molar-refractivity contribution in [2.75, 3.05) is 13.2 Å². The van der Waals surface area contributed by atoms with Gasteiger partial charge >= 0.3 is 0 Å². The van der Waals surface area contributed by atoms with Crippen molar-refractivity contribution in [1.82, 2.24) is 9.88 Å². The van der Waals surface area contributed by atoms with Gasteiger partial charge in [-0.05, 0) is 37.1 Å². The Hall–Kier alpha value is -0.970. The molecule has 0 amide bonds. The van der Waals surface area contributed by atoms with Crippen LogP contribution in [-0.2, 0) is 11.4 Å². The fourth-order valence-corrected chi connectivity index (χ4v) is 2.29.